The molecule has 0 radical (unpaired) electrons. The molecule has 2 aliphatic carbocycles. The van der Waals surface area contributed by atoms with E-state index < -0.39 is 15.4 Å². The van der Waals surface area contributed by atoms with Gasteiger partial charge in [0, 0.05) is 10.6 Å². The summed E-state index contributed by atoms with van der Waals surface area (Å²) in [4.78, 5) is 0. The fourth-order valence-electron chi connectivity index (χ4n) is 6.43. The molecule has 1 saturated heterocycles. The predicted octanol–water partition coefficient (Wildman–Crippen LogP) is 7.68. The number of unbranched alkanes of at least 4 members (excludes halogenated alkanes) is 1. The Morgan fingerprint density at radius 3 is 2.35 bits per heavy atom. The van der Waals surface area contributed by atoms with Gasteiger partial charge in [-0.3, -0.25) is 4.55 Å². The molecule has 2 aromatic rings. The summed E-state index contributed by atoms with van der Waals surface area (Å²) in [7, 11) is -3.86. The van der Waals surface area contributed by atoms with E-state index in [2.05, 4.69) is 68.9 Å². The van der Waals surface area contributed by atoms with Gasteiger partial charge in [-0.1, -0.05) is 64.4 Å². The van der Waals surface area contributed by atoms with Crippen molar-refractivity contribution in [3.05, 3.63) is 42.0 Å². The Morgan fingerprint density at radius 2 is 1.82 bits per heavy atom. The van der Waals surface area contributed by atoms with Gasteiger partial charge in [-0.05, 0) is 78.0 Å². The Balaban J connectivity index is 0.000000172. The molecule has 1 N–H and O–H groups in total. The van der Waals surface area contributed by atoms with Crippen LogP contribution in [0.25, 0.3) is 10.8 Å². The first kappa shape index (κ1) is 25.8. The zero-order valence-electron chi connectivity index (χ0n) is 21.0. The SMILES string of the molecule is CC1(C)C2CCC1(C)C(S(=O)(=O)O)C2.CCCCOc1ccc(C2CCCS2)c2ccccc12. The Hall–Kier alpha value is -1.24. The third-order valence-electron chi connectivity index (χ3n) is 9.02. The van der Waals surface area contributed by atoms with Crippen LogP contribution in [0.5, 0.6) is 5.75 Å². The van der Waals surface area contributed by atoms with Crippen molar-refractivity contribution in [1.29, 1.82) is 0 Å². The lowest BCUT2D eigenvalue weighted by Gasteiger charge is -2.37. The molecule has 0 aromatic heterocycles. The molecule has 0 spiro atoms. The first-order chi connectivity index (χ1) is 16.1. The quantitative estimate of drug-likeness (QED) is 0.323. The largest absolute Gasteiger partial charge is 0.493 e. The van der Waals surface area contributed by atoms with Crippen LogP contribution in [-0.2, 0) is 10.1 Å². The average molecular weight is 505 g/mol. The van der Waals surface area contributed by atoms with Gasteiger partial charge in [0.25, 0.3) is 10.1 Å². The molecule has 3 fully saturated rings. The number of hydrogen-bond acceptors (Lipinski definition) is 4. The van der Waals surface area contributed by atoms with Gasteiger partial charge in [0.15, 0.2) is 0 Å². The van der Waals surface area contributed by atoms with Crippen molar-refractivity contribution >= 4 is 32.7 Å². The monoisotopic (exact) mass is 504 g/mol. The van der Waals surface area contributed by atoms with Crippen LogP contribution >= 0.6 is 11.8 Å². The summed E-state index contributed by atoms with van der Waals surface area (Å²) in [6.07, 6.45) is 7.62. The zero-order valence-corrected chi connectivity index (χ0v) is 22.7. The Bertz CT molecular complexity index is 1100. The lowest BCUT2D eigenvalue weighted by atomic mass is 9.71. The molecule has 1 aliphatic heterocycles. The van der Waals surface area contributed by atoms with Crippen LogP contribution < -0.4 is 4.74 Å². The highest BCUT2D eigenvalue weighted by atomic mass is 32.2. The van der Waals surface area contributed by atoms with E-state index in [4.69, 9.17) is 4.74 Å². The molecular formula is C28H40O4S2. The van der Waals surface area contributed by atoms with Gasteiger partial charge in [-0.2, -0.15) is 20.2 Å². The summed E-state index contributed by atoms with van der Waals surface area (Å²) in [5.41, 5.74) is 1.31. The average Bonchev–Trinajstić information content (AvgIpc) is 3.45. The van der Waals surface area contributed by atoms with Gasteiger partial charge < -0.3 is 4.74 Å². The van der Waals surface area contributed by atoms with Crippen molar-refractivity contribution in [1.82, 2.24) is 0 Å². The predicted molar refractivity (Wildman–Crippen MR) is 143 cm³/mol. The van der Waals surface area contributed by atoms with Crippen molar-refractivity contribution in [2.24, 2.45) is 16.7 Å². The minimum Gasteiger partial charge on any atom is -0.493 e. The Kier molecular flexibility index (Phi) is 7.62. The Morgan fingerprint density at radius 1 is 1.09 bits per heavy atom. The molecular weight excluding hydrogens is 464 g/mol. The highest BCUT2D eigenvalue weighted by molar-refractivity contribution is 7.99. The third-order valence-corrected chi connectivity index (χ3v) is 11.9. The van der Waals surface area contributed by atoms with Gasteiger partial charge in [0.05, 0.1) is 11.9 Å². The maximum absolute atomic E-state index is 11.3. The van der Waals surface area contributed by atoms with Gasteiger partial charge in [0.1, 0.15) is 5.75 Å². The molecule has 0 amide bonds. The summed E-state index contributed by atoms with van der Waals surface area (Å²) in [5.74, 6) is 2.80. The normalized spacial score (nSPS) is 29.7. The minimum absolute atomic E-state index is 0.0491. The summed E-state index contributed by atoms with van der Waals surface area (Å²) in [6, 6.07) is 13.1. The van der Waals surface area contributed by atoms with E-state index in [1.165, 1.54) is 41.4 Å². The van der Waals surface area contributed by atoms with Crippen molar-refractivity contribution in [2.75, 3.05) is 12.4 Å². The number of ether oxygens (including phenoxy) is 1. The fourth-order valence-corrected chi connectivity index (χ4v) is 9.32. The molecule has 6 heteroatoms. The first-order valence-corrected chi connectivity index (χ1v) is 15.4. The molecule has 2 bridgehead atoms. The van der Waals surface area contributed by atoms with Crippen molar-refractivity contribution in [3.8, 4) is 5.75 Å². The van der Waals surface area contributed by atoms with Crippen molar-refractivity contribution < 1.29 is 17.7 Å². The van der Waals surface area contributed by atoms with Crippen LogP contribution in [0.4, 0.5) is 0 Å². The second-order valence-corrected chi connectivity index (χ2v) is 13.9. The molecule has 2 saturated carbocycles. The van der Waals surface area contributed by atoms with E-state index in [0.29, 0.717) is 17.6 Å². The summed E-state index contributed by atoms with van der Waals surface area (Å²) in [6.45, 7) is 9.30. The van der Waals surface area contributed by atoms with Crippen molar-refractivity contribution in [2.45, 2.75) is 83.1 Å². The van der Waals surface area contributed by atoms with E-state index in [9.17, 15) is 13.0 Å². The standard InChI is InChI=1S/C18H22OS.C10H18O3S/c1-2-3-12-19-17-11-10-16(18-9-6-13-20-18)14-7-4-5-8-15(14)17;1-9(2)7-4-5-10(9,3)8(6-7)14(11,12)13/h4-5,7-8,10-11,18H,2-3,6,9,12-13H2,1H3;7-8H,4-6H2,1-3H3,(H,11,12,13). The number of thioether (sulfide) groups is 1. The smallest absolute Gasteiger partial charge is 0.268 e. The van der Waals surface area contributed by atoms with Gasteiger partial charge in [0.2, 0.25) is 0 Å². The lowest BCUT2D eigenvalue weighted by Crippen LogP contribution is -2.40. The van der Waals surface area contributed by atoms with E-state index in [0.717, 1.165) is 31.6 Å². The Labute approximate surface area is 210 Å². The molecule has 4 nitrogen and oxygen atoms in total. The van der Waals surface area contributed by atoms with Crippen LogP contribution in [0.3, 0.4) is 0 Å². The van der Waals surface area contributed by atoms with E-state index in [1.54, 1.807) is 0 Å². The molecule has 1 heterocycles. The van der Waals surface area contributed by atoms with Crippen molar-refractivity contribution in [3.63, 3.8) is 0 Å². The molecule has 4 unspecified atom stereocenters. The third kappa shape index (κ3) is 4.75. The maximum atomic E-state index is 11.3. The highest BCUT2D eigenvalue weighted by Gasteiger charge is 2.64. The molecule has 188 valence electrons. The molecule has 2 aromatic carbocycles. The van der Waals surface area contributed by atoms with E-state index in [-0.39, 0.29) is 10.8 Å². The zero-order chi connectivity index (χ0) is 24.6. The van der Waals surface area contributed by atoms with Crippen LogP contribution in [0, 0.1) is 16.7 Å². The van der Waals surface area contributed by atoms with Gasteiger partial charge >= 0.3 is 0 Å². The van der Waals surface area contributed by atoms with Crippen LogP contribution in [0.15, 0.2) is 36.4 Å². The summed E-state index contributed by atoms with van der Waals surface area (Å²) >= 11 is 2.10. The van der Waals surface area contributed by atoms with E-state index >= 15 is 0 Å². The number of fused-ring (bicyclic) bond motifs is 3. The second-order valence-electron chi connectivity index (χ2n) is 11.0. The summed E-state index contributed by atoms with van der Waals surface area (Å²) < 4.78 is 37.7. The number of rotatable bonds is 6. The molecule has 3 aliphatic rings. The fraction of sp³-hybridized carbons (Fsp3) is 0.643. The van der Waals surface area contributed by atoms with Crippen LogP contribution in [0.1, 0.15) is 83.5 Å². The van der Waals surface area contributed by atoms with Gasteiger partial charge in [-0.15, -0.1) is 0 Å². The van der Waals surface area contributed by atoms with E-state index in [1.807, 2.05) is 6.92 Å². The molecule has 4 atom stereocenters. The minimum atomic E-state index is -3.86. The first-order valence-electron chi connectivity index (χ1n) is 12.8. The lowest BCUT2D eigenvalue weighted by molar-refractivity contribution is 0.151. The molecule has 34 heavy (non-hydrogen) atoms. The topological polar surface area (TPSA) is 63.6 Å². The second kappa shape index (κ2) is 10.0. The maximum Gasteiger partial charge on any atom is 0.268 e. The highest BCUT2D eigenvalue weighted by Crippen LogP contribution is 2.66. The molecule has 5 rings (SSSR count). The van der Waals surface area contributed by atoms with Gasteiger partial charge in [-0.25, -0.2) is 0 Å². The summed E-state index contributed by atoms with van der Waals surface area (Å²) in [5, 5.41) is 2.78. The van der Waals surface area contributed by atoms with Crippen LogP contribution in [-0.4, -0.2) is 30.6 Å². The number of hydrogen-bond donors (Lipinski definition) is 1. The number of benzene rings is 2. The van der Waals surface area contributed by atoms with Crippen LogP contribution in [0.2, 0.25) is 0 Å².